The van der Waals surface area contributed by atoms with Gasteiger partial charge < -0.3 is 9.80 Å². The fraction of sp³-hybridized carbons (Fsp3) is 0.500. The Morgan fingerprint density at radius 2 is 1.62 bits per heavy atom. The van der Waals surface area contributed by atoms with Gasteiger partial charge in [-0.3, -0.25) is 0 Å². The van der Waals surface area contributed by atoms with E-state index in [0.29, 0.717) is 32.2 Å². The summed E-state index contributed by atoms with van der Waals surface area (Å²) >= 11 is 6.10. The van der Waals surface area contributed by atoms with Crippen LogP contribution in [0.3, 0.4) is 0 Å². The Morgan fingerprint density at radius 1 is 0.931 bits per heavy atom. The van der Waals surface area contributed by atoms with E-state index in [1.165, 1.54) is 23.6 Å². The summed E-state index contributed by atoms with van der Waals surface area (Å²) in [6.07, 6.45) is 3.64. The van der Waals surface area contributed by atoms with E-state index in [4.69, 9.17) is 11.6 Å². The van der Waals surface area contributed by atoms with E-state index in [1.807, 2.05) is 12.1 Å². The minimum atomic E-state index is -3.59. The third kappa shape index (κ3) is 4.20. The molecule has 1 atom stereocenters. The van der Waals surface area contributed by atoms with Crippen molar-refractivity contribution in [1.82, 2.24) is 14.5 Å². The first kappa shape index (κ1) is 20.4. The largest absolute Gasteiger partial charge is 0.352 e. The number of nitrogens with zero attached hydrogens (tertiary/aromatic N) is 5. The minimum absolute atomic E-state index is 0.162. The van der Waals surface area contributed by atoms with Gasteiger partial charge in [-0.2, -0.15) is 4.31 Å². The topological polar surface area (TPSA) is 69.6 Å². The molecular formula is C20H26ClN5O2S. The highest BCUT2D eigenvalue weighted by atomic mass is 35.5. The van der Waals surface area contributed by atoms with E-state index >= 15 is 0 Å². The molecule has 2 fully saturated rings. The maximum atomic E-state index is 12.9. The molecule has 2 aliphatic heterocycles. The number of hydrogen-bond acceptors (Lipinski definition) is 6. The van der Waals surface area contributed by atoms with E-state index < -0.39 is 10.0 Å². The smallest absolute Gasteiger partial charge is 0.244 e. The zero-order chi connectivity index (χ0) is 20.4. The van der Waals surface area contributed by atoms with Gasteiger partial charge in [0, 0.05) is 38.8 Å². The summed E-state index contributed by atoms with van der Waals surface area (Å²) in [4.78, 5) is 4.55. The van der Waals surface area contributed by atoms with Crippen LogP contribution < -0.4 is 9.80 Å². The van der Waals surface area contributed by atoms with Gasteiger partial charge in [-0.1, -0.05) is 23.7 Å². The molecule has 0 spiro atoms. The number of rotatable bonds is 4. The number of halogens is 1. The predicted molar refractivity (Wildman–Crippen MR) is 115 cm³/mol. The van der Waals surface area contributed by atoms with E-state index in [-0.39, 0.29) is 9.92 Å². The lowest BCUT2D eigenvalue weighted by Gasteiger charge is -2.35. The standard InChI is InChI=1S/C20H26ClN5O2S/c1-16-6-4-5-11-26(16)20-10-9-19(22-23-20)24-12-14-25(15-13-24)29(27,28)18-8-3-2-7-17(18)21/h2-3,7-10,16H,4-6,11-15H2,1H3/t16-/m1/s1. The van der Waals surface area contributed by atoms with Crippen molar-refractivity contribution in [2.75, 3.05) is 42.5 Å². The second kappa shape index (κ2) is 8.45. The average Bonchev–Trinajstić information content (AvgIpc) is 2.74. The Kier molecular flexibility index (Phi) is 5.94. The Labute approximate surface area is 177 Å². The highest BCUT2D eigenvalue weighted by Gasteiger charge is 2.30. The molecule has 1 aromatic heterocycles. The van der Waals surface area contributed by atoms with Crippen LogP contribution in [-0.2, 0) is 10.0 Å². The maximum Gasteiger partial charge on any atom is 0.244 e. The van der Waals surface area contributed by atoms with E-state index in [9.17, 15) is 8.42 Å². The van der Waals surface area contributed by atoms with Gasteiger partial charge in [0.05, 0.1) is 5.02 Å². The van der Waals surface area contributed by atoms with Crippen molar-refractivity contribution >= 4 is 33.3 Å². The second-order valence-electron chi connectivity index (χ2n) is 7.61. The number of hydrogen-bond donors (Lipinski definition) is 0. The van der Waals surface area contributed by atoms with Crippen LogP contribution in [0.25, 0.3) is 0 Å². The van der Waals surface area contributed by atoms with Crippen LogP contribution in [0.2, 0.25) is 5.02 Å². The van der Waals surface area contributed by atoms with Gasteiger partial charge >= 0.3 is 0 Å². The predicted octanol–water partition coefficient (Wildman–Crippen LogP) is 3.02. The van der Waals surface area contributed by atoms with Gasteiger partial charge in [-0.05, 0) is 50.5 Å². The molecule has 4 rings (SSSR count). The molecule has 2 aromatic rings. The molecule has 0 saturated carbocycles. The van der Waals surface area contributed by atoms with Gasteiger partial charge in [-0.25, -0.2) is 8.42 Å². The van der Waals surface area contributed by atoms with Crippen molar-refractivity contribution in [2.45, 2.75) is 37.1 Å². The molecule has 2 saturated heterocycles. The first-order valence-electron chi connectivity index (χ1n) is 10.1. The number of sulfonamides is 1. The van der Waals surface area contributed by atoms with Gasteiger partial charge in [0.2, 0.25) is 10.0 Å². The van der Waals surface area contributed by atoms with Crippen molar-refractivity contribution in [1.29, 1.82) is 0 Å². The quantitative estimate of drug-likeness (QED) is 0.735. The first-order chi connectivity index (χ1) is 14.0. The van der Waals surface area contributed by atoms with Gasteiger partial charge in [0.1, 0.15) is 4.90 Å². The summed E-state index contributed by atoms with van der Waals surface area (Å²) in [5.41, 5.74) is 0. The molecule has 2 aliphatic rings. The highest BCUT2D eigenvalue weighted by molar-refractivity contribution is 7.89. The number of piperazine rings is 1. The summed E-state index contributed by atoms with van der Waals surface area (Å²) in [6.45, 7) is 5.16. The van der Waals surface area contributed by atoms with E-state index in [1.54, 1.807) is 24.3 Å². The lowest BCUT2D eigenvalue weighted by atomic mass is 10.0. The van der Waals surface area contributed by atoms with Crippen molar-refractivity contribution in [3.8, 4) is 0 Å². The molecule has 156 valence electrons. The Hall–Kier alpha value is -1.90. The lowest BCUT2D eigenvalue weighted by Crippen LogP contribution is -2.49. The van der Waals surface area contributed by atoms with Crippen LogP contribution in [0.1, 0.15) is 26.2 Å². The highest BCUT2D eigenvalue weighted by Crippen LogP contribution is 2.27. The summed E-state index contributed by atoms with van der Waals surface area (Å²) in [5, 5.41) is 9.11. The number of aromatic nitrogens is 2. The van der Waals surface area contributed by atoms with Crippen LogP contribution in [0.15, 0.2) is 41.3 Å². The lowest BCUT2D eigenvalue weighted by molar-refractivity contribution is 0.383. The van der Waals surface area contributed by atoms with Gasteiger partial charge in [-0.15, -0.1) is 10.2 Å². The minimum Gasteiger partial charge on any atom is -0.352 e. The molecule has 29 heavy (non-hydrogen) atoms. The number of benzene rings is 1. The maximum absolute atomic E-state index is 12.9. The third-order valence-electron chi connectivity index (χ3n) is 5.75. The van der Waals surface area contributed by atoms with Crippen LogP contribution in [0.4, 0.5) is 11.6 Å². The Morgan fingerprint density at radius 3 is 2.28 bits per heavy atom. The summed E-state index contributed by atoms with van der Waals surface area (Å²) in [6, 6.07) is 11.1. The van der Waals surface area contributed by atoms with E-state index in [2.05, 4.69) is 26.9 Å². The Balaban J connectivity index is 1.41. The van der Waals surface area contributed by atoms with Gasteiger partial charge in [0.25, 0.3) is 0 Å². The van der Waals surface area contributed by atoms with Crippen LogP contribution in [0.5, 0.6) is 0 Å². The molecule has 1 aromatic carbocycles. The fourth-order valence-corrected chi connectivity index (χ4v) is 5.94. The third-order valence-corrected chi connectivity index (χ3v) is 8.15. The van der Waals surface area contributed by atoms with Crippen LogP contribution in [0, 0.1) is 0 Å². The molecule has 7 nitrogen and oxygen atoms in total. The Bertz CT molecular complexity index is 946. The zero-order valence-electron chi connectivity index (χ0n) is 16.5. The van der Waals surface area contributed by atoms with E-state index in [0.717, 1.165) is 18.2 Å². The zero-order valence-corrected chi connectivity index (χ0v) is 18.1. The molecule has 0 N–H and O–H groups in total. The molecule has 0 aliphatic carbocycles. The summed E-state index contributed by atoms with van der Waals surface area (Å²) in [7, 11) is -3.59. The van der Waals surface area contributed by atoms with Crippen molar-refractivity contribution in [3.05, 3.63) is 41.4 Å². The first-order valence-corrected chi connectivity index (χ1v) is 11.9. The SMILES string of the molecule is C[C@@H]1CCCCN1c1ccc(N2CCN(S(=O)(=O)c3ccccc3Cl)CC2)nn1. The molecule has 9 heteroatoms. The normalized spacial score (nSPS) is 21.4. The molecular weight excluding hydrogens is 410 g/mol. The molecule has 3 heterocycles. The van der Waals surface area contributed by atoms with Crippen molar-refractivity contribution in [2.24, 2.45) is 0 Å². The monoisotopic (exact) mass is 435 g/mol. The van der Waals surface area contributed by atoms with Gasteiger partial charge in [0.15, 0.2) is 11.6 Å². The average molecular weight is 436 g/mol. The molecule has 0 bridgehead atoms. The fourth-order valence-electron chi connectivity index (χ4n) is 4.03. The summed E-state index contributed by atoms with van der Waals surface area (Å²) < 4.78 is 27.3. The molecule has 0 unspecified atom stereocenters. The number of anilines is 2. The summed E-state index contributed by atoms with van der Waals surface area (Å²) in [5.74, 6) is 1.70. The molecule has 0 amide bonds. The van der Waals surface area contributed by atoms with Crippen LogP contribution >= 0.6 is 11.6 Å². The van der Waals surface area contributed by atoms with Crippen molar-refractivity contribution < 1.29 is 8.42 Å². The number of piperidine rings is 1. The van der Waals surface area contributed by atoms with Crippen molar-refractivity contribution in [3.63, 3.8) is 0 Å². The second-order valence-corrected chi connectivity index (χ2v) is 9.92. The van der Waals surface area contributed by atoms with Crippen LogP contribution in [-0.4, -0.2) is 61.7 Å². The molecule has 0 radical (unpaired) electrons.